The van der Waals surface area contributed by atoms with Crippen LogP contribution < -0.4 is 4.74 Å². The molecular formula is C18H15BrN2O5. The van der Waals surface area contributed by atoms with Crippen LogP contribution >= 0.6 is 15.9 Å². The molecule has 2 aromatic heterocycles. The van der Waals surface area contributed by atoms with Gasteiger partial charge in [-0.2, -0.15) is 5.10 Å². The topological polar surface area (TPSA) is 83.6 Å². The Hall–Kier alpha value is -2.87. The second-order valence-corrected chi connectivity index (χ2v) is 6.42. The summed E-state index contributed by atoms with van der Waals surface area (Å²) in [5, 5.41) is 4.12. The molecule has 134 valence electrons. The van der Waals surface area contributed by atoms with Crippen molar-refractivity contribution in [2.45, 2.75) is 13.5 Å². The van der Waals surface area contributed by atoms with Gasteiger partial charge in [-0.3, -0.25) is 4.68 Å². The number of furan rings is 1. The van der Waals surface area contributed by atoms with E-state index in [1.54, 1.807) is 41.3 Å². The number of halogens is 1. The summed E-state index contributed by atoms with van der Waals surface area (Å²) in [7, 11) is 1.27. The largest absolute Gasteiger partial charge is 0.465 e. The van der Waals surface area contributed by atoms with Crippen molar-refractivity contribution < 1.29 is 23.5 Å². The maximum atomic E-state index is 12.3. The van der Waals surface area contributed by atoms with Crippen LogP contribution in [0.1, 0.15) is 32.2 Å². The Balaban J connectivity index is 1.76. The minimum Gasteiger partial charge on any atom is -0.465 e. The summed E-state index contributed by atoms with van der Waals surface area (Å²) < 4.78 is 18.1. The molecule has 0 radical (unpaired) electrons. The lowest BCUT2D eigenvalue weighted by atomic mass is 10.1. The highest BCUT2D eigenvalue weighted by Crippen LogP contribution is 2.23. The van der Waals surface area contributed by atoms with Crippen molar-refractivity contribution in [1.29, 1.82) is 0 Å². The summed E-state index contributed by atoms with van der Waals surface area (Å²) in [6.45, 7) is 2.20. The van der Waals surface area contributed by atoms with Crippen LogP contribution in [-0.4, -0.2) is 28.8 Å². The van der Waals surface area contributed by atoms with Crippen LogP contribution in [0.4, 0.5) is 0 Å². The van der Waals surface area contributed by atoms with Gasteiger partial charge in [-0.15, -0.1) is 0 Å². The monoisotopic (exact) mass is 418 g/mol. The number of rotatable bonds is 5. The third-order valence-corrected chi connectivity index (χ3v) is 3.93. The summed E-state index contributed by atoms with van der Waals surface area (Å²) in [6.07, 6.45) is 3.44. The van der Waals surface area contributed by atoms with Gasteiger partial charge < -0.3 is 13.9 Å². The lowest BCUT2D eigenvalue weighted by Gasteiger charge is -2.08. The molecule has 0 spiro atoms. The first-order chi connectivity index (χ1) is 12.5. The number of benzene rings is 1. The lowest BCUT2D eigenvalue weighted by molar-refractivity contribution is 0.0590. The van der Waals surface area contributed by atoms with Crippen molar-refractivity contribution in [3.8, 4) is 5.75 Å². The Bertz CT molecular complexity index is 960. The van der Waals surface area contributed by atoms with E-state index in [0.29, 0.717) is 12.3 Å². The number of hydrogen-bond acceptors (Lipinski definition) is 6. The smallest absolute Gasteiger partial charge is 0.379 e. The van der Waals surface area contributed by atoms with Crippen molar-refractivity contribution >= 4 is 27.9 Å². The van der Waals surface area contributed by atoms with Gasteiger partial charge in [0.05, 0.1) is 24.3 Å². The van der Waals surface area contributed by atoms with Crippen molar-refractivity contribution in [3.05, 3.63) is 69.8 Å². The van der Waals surface area contributed by atoms with E-state index in [4.69, 9.17) is 13.9 Å². The number of aryl methyl sites for hydroxylation is 1. The third-order valence-electron chi connectivity index (χ3n) is 3.53. The van der Waals surface area contributed by atoms with Gasteiger partial charge in [0, 0.05) is 6.20 Å². The molecule has 1 aromatic carbocycles. The van der Waals surface area contributed by atoms with E-state index in [2.05, 4.69) is 21.0 Å². The van der Waals surface area contributed by atoms with E-state index in [-0.39, 0.29) is 17.1 Å². The fraction of sp³-hybridized carbons (Fsp3) is 0.167. The quantitative estimate of drug-likeness (QED) is 0.464. The zero-order valence-corrected chi connectivity index (χ0v) is 15.6. The van der Waals surface area contributed by atoms with Crippen LogP contribution in [0.5, 0.6) is 5.75 Å². The van der Waals surface area contributed by atoms with Gasteiger partial charge in [-0.05, 0) is 52.7 Å². The summed E-state index contributed by atoms with van der Waals surface area (Å²) in [5.74, 6) is -0.596. The predicted molar refractivity (Wildman–Crippen MR) is 95.2 cm³/mol. The maximum Gasteiger partial charge on any atom is 0.379 e. The number of esters is 2. The molecule has 3 aromatic rings. The van der Waals surface area contributed by atoms with Gasteiger partial charge in [0.15, 0.2) is 0 Å². The first-order valence-electron chi connectivity index (χ1n) is 7.64. The number of hydrogen-bond donors (Lipinski definition) is 0. The second kappa shape index (κ2) is 7.57. The highest BCUT2D eigenvalue weighted by molar-refractivity contribution is 9.10. The van der Waals surface area contributed by atoms with E-state index in [1.807, 2.05) is 6.92 Å². The Morgan fingerprint density at radius 2 is 2.04 bits per heavy atom. The van der Waals surface area contributed by atoms with Crippen LogP contribution in [0.2, 0.25) is 0 Å². The molecule has 0 aliphatic rings. The fourth-order valence-corrected chi connectivity index (χ4v) is 2.64. The van der Waals surface area contributed by atoms with E-state index in [9.17, 15) is 9.59 Å². The van der Waals surface area contributed by atoms with Crippen molar-refractivity contribution in [1.82, 2.24) is 9.78 Å². The molecule has 0 N–H and O–H groups in total. The van der Waals surface area contributed by atoms with Gasteiger partial charge in [0.1, 0.15) is 17.1 Å². The molecule has 3 rings (SSSR count). The molecule has 26 heavy (non-hydrogen) atoms. The zero-order chi connectivity index (χ0) is 18.7. The van der Waals surface area contributed by atoms with Crippen LogP contribution in [-0.2, 0) is 11.3 Å². The number of methoxy groups -OCH3 is 1. The number of carbonyl (C=O) groups excluding carboxylic acids is 2. The SMILES string of the molecule is COC(=O)c1cc(C)ccc1OC(=O)c1ccc(Cn2cc(Br)cn2)o1. The summed E-state index contributed by atoms with van der Waals surface area (Å²) >= 11 is 3.31. The fourth-order valence-electron chi connectivity index (χ4n) is 2.31. The zero-order valence-electron chi connectivity index (χ0n) is 14.1. The standard InChI is InChI=1S/C18H15BrN2O5/c1-11-3-5-15(14(7-11)17(22)24-2)26-18(23)16-6-4-13(25-16)10-21-9-12(19)8-20-21/h3-9H,10H2,1-2H3. The van der Waals surface area contributed by atoms with E-state index in [1.165, 1.54) is 13.2 Å². The van der Waals surface area contributed by atoms with Gasteiger partial charge in [-0.1, -0.05) is 6.07 Å². The Morgan fingerprint density at radius 3 is 2.73 bits per heavy atom. The molecule has 7 nitrogen and oxygen atoms in total. The Labute approximate surface area is 157 Å². The normalized spacial score (nSPS) is 10.6. The summed E-state index contributed by atoms with van der Waals surface area (Å²) in [5.41, 5.74) is 1.02. The first-order valence-corrected chi connectivity index (χ1v) is 8.43. The number of carbonyl (C=O) groups is 2. The van der Waals surface area contributed by atoms with Crippen LogP contribution in [0, 0.1) is 6.92 Å². The average molecular weight is 419 g/mol. The molecule has 0 fully saturated rings. The van der Waals surface area contributed by atoms with Gasteiger partial charge in [-0.25, -0.2) is 9.59 Å². The molecule has 0 bridgehead atoms. The molecule has 0 saturated heterocycles. The third kappa shape index (κ3) is 4.02. The first kappa shape index (κ1) is 17.9. The van der Waals surface area contributed by atoms with Gasteiger partial charge in [0.2, 0.25) is 5.76 Å². The Kier molecular flexibility index (Phi) is 5.22. The molecular weight excluding hydrogens is 404 g/mol. The molecule has 0 unspecified atom stereocenters. The number of aromatic nitrogens is 2. The summed E-state index contributed by atoms with van der Waals surface area (Å²) in [4.78, 5) is 24.2. The second-order valence-electron chi connectivity index (χ2n) is 5.50. The minimum absolute atomic E-state index is 0.0302. The highest BCUT2D eigenvalue weighted by atomic mass is 79.9. The molecule has 0 aliphatic heterocycles. The van der Waals surface area contributed by atoms with E-state index >= 15 is 0 Å². The van der Waals surface area contributed by atoms with Crippen LogP contribution in [0.15, 0.2) is 51.6 Å². The predicted octanol–water partition coefficient (Wildman–Crippen LogP) is 3.60. The average Bonchev–Trinajstić information content (AvgIpc) is 3.25. The lowest BCUT2D eigenvalue weighted by Crippen LogP contribution is -2.12. The molecule has 2 heterocycles. The van der Waals surface area contributed by atoms with Crippen LogP contribution in [0.3, 0.4) is 0 Å². The number of nitrogens with zero attached hydrogens (tertiary/aromatic N) is 2. The van der Waals surface area contributed by atoms with E-state index in [0.717, 1.165) is 10.0 Å². The molecule has 8 heteroatoms. The van der Waals surface area contributed by atoms with Crippen molar-refractivity contribution in [2.24, 2.45) is 0 Å². The summed E-state index contributed by atoms with van der Waals surface area (Å²) in [6, 6.07) is 8.06. The van der Waals surface area contributed by atoms with Gasteiger partial charge in [0.25, 0.3) is 0 Å². The Morgan fingerprint density at radius 1 is 1.23 bits per heavy atom. The van der Waals surface area contributed by atoms with Crippen molar-refractivity contribution in [2.75, 3.05) is 7.11 Å². The van der Waals surface area contributed by atoms with Crippen LogP contribution in [0.25, 0.3) is 0 Å². The van der Waals surface area contributed by atoms with Crippen molar-refractivity contribution in [3.63, 3.8) is 0 Å². The maximum absolute atomic E-state index is 12.3. The molecule has 0 atom stereocenters. The molecule has 0 amide bonds. The molecule has 0 saturated carbocycles. The van der Waals surface area contributed by atoms with E-state index < -0.39 is 11.9 Å². The molecule has 0 aliphatic carbocycles. The minimum atomic E-state index is -0.702. The number of ether oxygens (including phenoxy) is 2. The highest BCUT2D eigenvalue weighted by Gasteiger charge is 2.19. The van der Waals surface area contributed by atoms with Gasteiger partial charge >= 0.3 is 11.9 Å².